The average Bonchev–Trinajstić information content (AvgIpc) is 3.11. The van der Waals surface area contributed by atoms with Gasteiger partial charge in [-0.1, -0.05) is 6.07 Å². The summed E-state index contributed by atoms with van der Waals surface area (Å²) in [7, 11) is 0. The van der Waals surface area contributed by atoms with Crippen LogP contribution < -0.4 is 4.74 Å². The van der Waals surface area contributed by atoms with Crippen LogP contribution in [0.1, 0.15) is 36.2 Å². The molecule has 0 saturated carbocycles. The molecule has 1 amide bonds. The summed E-state index contributed by atoms with van der Waals surface area (Å²) in [5.74, 6) is 0.479. The molecular weight excluding hydrogens is 345 g/mol. The third-order valence-electron chi connectivity index (χ3n) is 5.07. The number of halogens is 1. The largest absolute Gasteiger partial charge is 0.494 e. The van der Waals surface area contributed by atoms with Crippen LogP contribution in [0.5, 0.6) is 5.75 Å². The van der Waals surface area contributed by atoms with Gasteiger partial charge in [0.25, 0.3) is 5.91 Å². The predicted octanol–water partition coefficient (Wildman–Crippen LogP) is 4.05. The summed E-state index contributed by atoms with van der Waals surface area (Å²) in [6.07, 6.45) is 3.41. The molecule has 6 heteroatoms. The molecule has 1 fully saturated rings. The van der Waals surface area contributed by atoms with Crippen LogP contribution >= 0.6 is 0 Å². The molecular formula is C21H22FN3O2. The van der Waals surface area contributed by atoms with Crippen LogP contribution in [-0.2, 0) is 0 Å². The second-order valence-electron chi connectivity index (χ2n) is 6.77. The van der Waals surface area contributed by atoms with Gasteiger partial charge >= 0.3 is 0 Å². The van der Waals surface area contributed by atoms with Gasteiger partial charge in [-0.15, -0.1) is 0 Å². The van der Waals surface area contributed by atoms with Crippen molar-refractivity contribution in [1.82, 2.24) is 14.5 Å². The predicted molar refractivity (Wildman–Crippen MR) is 101 cm³/mol. The summed E-state index contributed by atoms with van der Waals surface area (Å²) in [6.45, 7) is 3.82. The first kappa shape index (κ1) is 17.5. The Balaban J connectivity index is 1.46. The topological polar surface area (TPSA) is 47.4 Å². The van der Waals surface area contributed by atoms with Crippen molar-refractivity contribution in [1.29, 1.82) is 0 Å². The number of hydrogen-bond acceptors (Lipinski definition) is 3. The Morgan fingerprint density at radius 3 is 2.81 bits per heavy atom. The maximum absolute atomic E-state index is 13.6. The van der Waals surface area contributed by atoms with E-state index in [1.807, 2.05) is 34.6 Å². The second kappa shape index (κ2) is 7.39. The molecule has 0 radical (unpaired) electrons. The molecule has 5 nitrogen and oxygen atoms in total. The Kier molecular flexibility index (Phi) is 4.79. The third-order valence-corrected chi connectivity index (χ3v) is 5.07. The number of imidazole rings is 1. The molecule has 0 atom stereocenters. The molecule has 27 heavy (non-hydrogen) atoms. The zero-order valence-corrected chi connectivity index (χ0v) is 15.3. The Morgan fingerprint density at radius 1 is 1.22 bits per heavy atom. The van der Waals surface area contributed by atoms with Crippen LogP contribution in [0.25, 0.3) is 11.0 Å². The number of aromatic nitrogens is 2. The maximum atomic E-state index is 13.6. The zero-order valence-electron chi connectivity index (χ0n) is 15.3. The molecule has 2 heterocycles. The first-order valence-corrected chi connectivity index (χ1v) is 9.30. The van der Waals surface area contributed by atoms with Gasteiger partial charge in [0, 0.05) is 24.7 Å². The number of likely N-dealkylation sites (tertiary alicyclic amines) is 1. The Bertz CT molecular complexity index is 961. The Hall–Kier alpha value is -2.89. The van der Waals surface area contributed by atoms with Gasteiger partial charge in [-0.3, -0.25) is 4.79 Å². The van der Waals surface area contributed by atoms with E-state index in [2.05, 4.69) is 4.98 Å². The monoisotopic (exact) mass is 367 g/mol. The number of amides is 1. The molecule has 0 spiro atoms. The molecule has 2 aromatic carbocycles. The van der Waals surface area contributed by atoms with Crippen molar-refractivity contribution in [2.24, 2.45) is 0 Å². The van der Waals surface area contributed by atoms with Crippen LogP contribution in [-0.4, -0.2) is 40.1 Å². The summed E-state index contributed by atoms with van der Waals surface area (Å²) >= 11 is 0. The number of rotatable bonds is 4. The van der Waals surface area contributed by atoms with Gasteiger partial charge in [-0.2, -0.15) is 0 Å². The van der Waals surface area contributed by atoms with Gasteiger partial charge in [0.15, 0.2) is 0 Å². The van der Waals surface area contributed by atoms with Crippen molar-refractivity contribution < 1.29 is 13.9 Å². The van der Waals surface area contributed by atoms with E-state index in [0.717, 1.165) is 23.9 Å². The van der Waals surface area contributed by atoms with E-state index < -0.39 is 0 Å². The first-order valence-electron chi connectivity index (χ1n) is 9.30. The highest BCUT2D eigenvalue weighted by Gasteiger charge is 2.25. The average molecular weight is 367 g/mol. The molecule has 0 N–H and O–H groups in total. The van der Waals surface area contributed by atoms with E-state index in [1.54, 1.807) is 18.5 Å². The highest BCUT2D eigenvalue weighted by molar-refractivity contribution is 5.94. The summed E-state index contributed by atoms with van der Waals surface area (Å²) in [5, 5.41) is 0. The molecule has 1 saturated heterocycles. The van der Waals surface area contributed by atoms with E-state index in [0.29, 0.717) is 31.0 Å². The lowest BCUT2D eigenvalue weighted by Gasteiger charge is -2.33. The summed E-state index contributed by atoms with van der Waals surface area (Å²) < 4.78 is 21.1. The molecule has 0 unspecified atom stereocenters. The van der Waals surface area contributed by atoms with Crippen LogP contribution in [0.3, 0.4) is 0 Å². The fourth-order valence-corrected chi connectivity index (χ4v) is 3.71. The number of carbonyl (C=O) groups excluding carboxylic acids is 1. The zero-order chi connectivity index (χ0) is 18.8. The fraction of sp³-hybridized carbons (Fsp3) is 0.333. The number of fused-ring (bicyclic) bond motifs is 1. The van der Waals surface area contributed by atoms with Crippen LogP contribution in [0.15, 0.2) is 48.8 Å². The van der Waals surface area contributed by atoms with Gasteiger partial charge < -0.3 is 14.2 Å². The highest BCUT2D eigenvalue weighted by Crippen LogP contribution is 2.28. The van der Waals surface area contributed by atoms with E-state index in [9.17, 15) is 9.18 Å². The summed E-state index contributed by atoms with van der Waals surface area (Å²) in [5.41, 5.74) is 2.25. The quantitative estimate of drug-likeness (QED) is 0.699. The molecule has 1 aliphatic rings. The normalized spacial score (nSPS) is 15.3. The summed E-state index contributed by atoms with van der Waals surface area (Å²) in [6, 6.07) is 12.2. The van der Waals surface area contributed by atoms with Crippen LogP contribution in [0.4, 0.5) is 4.39 Å². The van der Waals surface area contributed by atoms with Crippen molar-refractivity contribution in [2.75, 3.05) is 19.7 Å². The number of ether oxygens (including phenoxy) is 1. The van der Waals surface area contributed by atoms with Gasteiger partial charge in [0.2, 0.25) is 0 Å². The molecule has 4 rings (SSSR count). The molecule has 1 aromatic heterocycles. The number of benzene rings is 2. The van der Waals surface area contributed by atoms with Crippen molar-refractivity contribution in [3.05, 3.63) is 60.2 Å². The maximum Gasteiger partial charge on any atom is 0.253 e. The van der Waals surface area contributed by atoms with Crippen molar-refractivity contribution in [3.8, 4) is 5.75 Å². The molecule has 0 aliphatic carbocycles. The Morgan fingerprint density at radius 2 is 2.04 bits per heavy atom. The van der Waals surface area contributed by atoms with Crippen molar-refractivity contribution in [2.45, 2.75) is 25.8 Å². The van der Waals surface area contributed by atoms with E-state index in [-0.39, 0.29) is 17.8 Å². The number of nitrogens with zero attached hydrogens (tertiary/aromatic N) is 3. The van der Waals surface area contributed by atoms with Crippen molar-refractivity contribution >= 4 is 16.9 Å². The van der Waals surface area contributed by atoms with Gasteiger partial charge in [-0.25, -0.2) is 9.37 Å². The number of carbonyl (C=O) groups is 1. The Labute approximate surface area is 157 Å². The van der Waals surface area contributed by atoms with E-state index in [1.165, 1.54) is 12.1 Å². The van der Waals surface area contributed by atoms with E-state index in [4.69, 9.17) is 4.74 Å². The lowest BCUT2D eigenvalue weighted by atomic mass is 10.0. The molecule has 3 aromatic rings. The molecule has 140 valence electrons. The smallest absolute Gasteiger partial charge is 0.253 e. The number of hydrogen-bond donors (Lipinski definition) is 0. The third kappa shape index (κ3) is 3.52. The SMILES string of the molecule is CCOc1cccc(C(=O)N2CCC(n3cnc4ccc(F)cc43)CC2)c1. The lowest BCUT2D eigenvalue weighted by molar-refractivity contribution is 0.0695. The second-order valence-corrected chi connectivity index (χ2v) is 6.77. The van der Waals surface area contributed by atoms with Gasteiger partial charge in [0.1, 0.15) is 11.6 Å². The highest BCUT2D eigenvalue weighted by atomic mass is 19.1. The van der Waals surface area contributed by atoms with Gasteiger partial charge in [-0.05, 0) is 56.2 Å². The minimum atomic E-state index is -0.258. The van der Waals surface area contributed by atoms with Crippen LogP contribution in [0.2, 0.25) is 0 Å². The number of piperidine rings is 1. The molecule has 1 aliphatic heterocycles. The standard InChI is InChI=1S/C21H22FN3O2/c1-2-27-18-5-3-4-15(12-18)21(26)24-10-8-17(9-11-24)25-14-23-19-7-6-16(22)13-20(19)25/h3-7,12-14,17H,2,8-11H2,1H3. The lowest BCUT2D eigenvalue weighted by Crippen LogP contribution is -2.39. The van der Waals surface area contributed by atoms with Gasteiger partial charge in [0.05, 0.1) is 24.0 Å². The minimum Gasteiger partial charge on any atom is -0.494 e. The van der Waals surface area contributed by atoms with Crippen molar-refractivity contribution in [3.63, 3.8) is 0 Å². The molecule has 0 bridgehead atoms. The van der Waals surface area contributed by atoms with E-state index >= 15 is 0 Å². The first-order chi connectivity index (χ1) is 13.2. The summed E-state index contributed by atoms with van der Waals surface area (Å²) in [4.78, 5) is 19.1. The fourth-order valence-electron chi connectivity index (χ4n) is 3.71. The minimum absolute atomic E-state index is 0.0246. The van der Waals surface area contributed by atoms with Crippen LogP contribution in [0, 0.1) is 5.82 Å².